The first-order valence-electron chi connectivity index (χ1n) is 7.48. The monoisotopic (exact) mass is 262 g/mol. The van der Waals surface area contributed by atoms with Gasteiger partial charge in [-0.2, -0.15) is 0 Å². The Bertz CT molecular complexity index is 368. The Morgan fingerprint density at radius 1 is 1.16 bits per heavy atom. The molecule has 0 spiro atoms. The molecule has 1 N–H and O–H groups in total. The number of benzene rings is 1. The molecule has 0 bridgehead atoms. The molecule has 1 aliphatic rings. The number of para-hydroxylation sites is 1. The maximum absolute atomic E-state index is 5.79. The van der Waals surface area contributed by atoms with Gasteiger partial charge in [0, 0.05) is 18.7 Å². The largest absolute Gasteiger partial charge is 0.492 e. The highest BCUT2D eigenvalue weighted by Gasteiger charge is 2.13. The summed E-state index contributed by atoms with van der Waals surface area (Å²) in [6, 6.07) is 8.41. The molecule has 0 saturated carbocycles. The Morgan fingerprint density at radius 3 is 2.89 bits per heavy atom. The second-order valence-corrected chi connectivity index (χ2v) is 5.25. The van der Waals surface area contributed by atoms with Crippen molar-refractivity contribution in [2.45, 2.75) is 32.2 Å². The van der Waals surface area contributed by atoms with Crippen molar-refractivity contribution in [2.24, 2.45) is 0 Å². The third-order valence-electron chi connectivity index (χ3n) is 3.68. The van der Waals surface area contributed by atoms with Crippen LogP contribution in [0.1, 0.15) is 31.2 Å². The lowest BCUT2D eigenvalue weighted by Gasteiger charge is -2.19. The minimum atomic E-state index is 0.816. The van der Waals surface area contributed by atoms with E-state index in [9.17, 15) is 0 Å². The van der Waals surface area contributed by atoms with E-state index in [1.807, 2.05) is 7.05 Å². The number of nitrogens with zero attached hydrogens (tertiary/aromatic N) is 1. The fourth-order valence-corrected chi connectivity index (χ4v) is 2.56. The quantitative estimate of drug-likeness (QED) is 0.765. The van der Waals surface area contributed by atoms with Crippen molar-refractivity contribution in [3.8, 4) is 5.75 Å². The highest BCUT2D eigenvalue weighted by Crippen LogP contribution is 2.22. The molecule has 2 rings (SSSR count). The van der Waals surface area contributed by atoms with E-state index in [1.165, 1.54) is 37.8 Å². The molecule has 1 aromatic carbocycles. The van der Waals surface area contributed by atoms with Crippen molar-refractivity contribution in [1.82, 2.24) is 10.2 Å². The van der Waals surface area contributed by atoms with Crippen molar-refractivity contribution in [3.05, 3.63) is 29.8 Å². The number of ether oxygens (including phenoxy) is 1. The van der Waals surface area contributed by atoms with Gasteiger partial charge < -0.3 is 10.1 Å². The molecule has 3 nitrogen and oxygen atoms in total. The van der Waals surface area contributed by atoms with Gasteiger partial charge in [0.25, 0.3) is 0 Å². The maximum atomic E-state index is 5.79. The standard InChI is InChI=1S/C16H26N2O/c1-17-10-6-2-3-7-11-18-12-13-19-16-9-5-4-8-15(16)14-18/h4-5,8-9,17H,2-3,6-7,10-14H2,1H3. The van der Waals surface area contributed by atoms with Crippen LogP contribution in [0.25, 0.3) is 0 Å². The van der Waals surface area contributed by atoms with Crippen molar-refractivity contribution in [2.75, 3.05) is 33.3 Å². The fourth-order valence-electron chi connectivity index (χ4n) is 2.56. The summed E-state index contributed by atoms with van der Waals surface area (Å²) < 4.78 is 5.79. The van der Waals surface area contributed by atoms with Crippen LogP contribution in [0.4, 0.5) is 0 Å². The molecule has 0 aromatic heterocycles. The summed E-state index contributed by atoms with van der Waals surface area (Å²) in [5, 5.41) is 3.20. The lowest BCUT2D eigenvalue weighted by Crippen LogP contribution is -2.26. The zero-order chi connectivity index (χ0) is 13.3. The van der Waals surface area contributed by atoms with E-state index < -0.39 is 0 Å². The first-order valence-corrected chi connectivity index (χ1v) is 7.48. The van der Waals surface area contributed by atoms with Crippen LogP contribution in [0, 0.1) is 0 Å². The smallest absolute Gasteiger partial charge is 0.123 e. The molecule has 0 fully saturated rings. The summed E-state index contributed by atoms with van der Waals surface area (Å²) >= 11 is 0. The molecular formula is C16H26N2O. The molecule has 0 amide bonds. The first-order chi connectivity index (χ1) is 9.40. The topological polar surface area (TPSA) is 24.5 Å². The van der Waals surface area contributed by atoms with E-state index in [1.54, 1.807) is 0 Å². The molecule has 1 heterocycles. The first kappa shape index (κ1) is 14.4. The molecule has 0 radical (unpaired) electrons. The highest BCUT2D eigenvalue weighted by molar-refractivity contribution is 5.33. The zero-order valence-corrected chi connectivity index (χ0v) is 12.0. The van der Waals surface area contributed by atoms with Gasteiger partial charge >= 0.3 is 0 Å². The van der Waals surface area contributed by atoms with Crippen LogP contribution in [-0.2, 0) is 6.54 Å². The maximum Gasteiger partial charge on any atom is 0.123 e. The second kappa shape index (κ2) is 8.18. The Morgan fingerprint density at radius 2 is 2.00 bits per heavy atom. The number of nitrogens with one attached hydrogen (secondary N) is 1. The third-order valence-corrected chi connectivity index (χ3v) is 3.68. The van der Waals surface area contributed by atoms with Gasteiger partial charge in [-0.05, 0) is 39.0 Å². The SMILES string of the molecule is CNCCCCCCN1CCOc2ccccc2C1. The van der Waals surface area contributed by atoms with Crippen LogP contribution in [0.5, 0.6) is 5.75 Å². The second-order valence-electron chi connectivity index (χ2n) is 5.25. The lowest BCUT2D eigenvalue weighted by molar-refractivity contribution is 0.222. The Balaban J connectivity index is 1.70. The van der Waals surface area contributed by atoms with Crippen molar-refractivity contribution < 1.29 is 4.74 Å². The fraction of sp³-hybridized carbons (Fsp3) is 0.625. The van der Waals surface area contributed by atoms with Crippen LogP contribution in [-0.4, -0.2) is 38.2 Å². The Hall–Kier alpha value is -1.06. The zero-order valence-electron chi connectivity index (χ0n) is 12.0. The predicted molar refractivity (Wildman–Crippen MR) is 79.6 cm³/mol. The minimum absolute atomic E-state index is 0.816. The van der Waals surface area contributed by atoms with E-state index in [2.05, 4.69) is 34.5 Å². The Labute approximate surface area is 116 Å². The van der Waals surface area contributed by atoms with Gasteiger partial charge in [0.1, 0.15) is 12.4 Å². The molecule has 1 aromatic rings. The van der Waals surface area contributed by atoms with E-state index >= 15 is 0 Å². The van der Waals surface area contributed by atoms with Crippen LogP contribution in [0.15, 0.2) is 24.3 Å². The van der Waals surface area contributed by atoms with Crippen molar-refractivity contribution >= 4 is 0 Å². The average Bonchev–Trinajstić information content (AvgIpc) is 2.64. The normalized spacial score (nSPS) is 15.6. The van der Waals surface area contributed by atoms with E-state index in [0.717, 1.165) is 32.0 Å². The predicted octanol–water partition coefficient (Wildman–Crippen LogP) is 2.66. The molecular weight excluding hydrogens is 236 g/mol. The van der Waals surface area contributed by atoms with Crippen molar-refractivity contribution in [3.63, 3.8) is 0 Å². The van der Waals surface area contributed by atoms with Gasteiger partial charge in [0.2, 0.25) is 0 Å². The van der Waals surface area contributed by atoms with Crippen LogP contribution < -0.4 is 10.1 Å². The molecule has 0 aliphatic carbocycles. The molecule has 19 heavy (non-hydrogen) atoms. The van der Waals surface area contributed by atoms with Crippen molar-refractivity contribution in [1.29, 1.82) is 0 Å². The van der Waals surface area contributed by atoms with E-state index in [0.29, 0.717) is 0 Å². The van der Waals surface area contributed by atoms with Gasteiger partial charge in [-0.15, -0.1) is 0 Å². The summed E-state index contributed by atoms with van der Waals surface area (Å²) in [5.74, 6) is 1.07. The molecule has 0 unspecified atom stereocenters. The summed E-state index contributed by atoms with van der Waals surface area (Å²) in [4.78, 5) is 2.52. The third kappa shape index (κ3) is 4.84. The molecule has 1 aliphatic heterocycles. The molecule has 3 heteroatoms. The average molecular weight is 262 g/mol. The molecule has 0 saturated heterocycles. The van der Waals surface area contributed by atoms with Crippen LogP contribution in [0.2, 0.25) is 0 Å². The number of hydrogen-bond acceptors (Lipinski definition) is 3. The summed E-state index contributed by atoms with van der Waals surface area (Å²) in [6.07, 6.45) is 5.26. The number of unbranched alkanes of at least 4 members (excludes halogenated alkanes) is 3. The van der Waals surface area contributed by atoms with E-state index in [-0.39, 0.29) is 0 Å². The highest BCUT2D eigenvalue weighted by atomic mass is 16.5. The molecule has 0 atom stereocenters. The summed E-state index contributed by atoms with van der Waals surface area (Å²) in [7, 11) is 2.02. The lowest BCUT2D eigenvalue weighted by atomic mass is 10.1. The summed E-state index contributed by atoms with van der Waals surface area (Å²) in [6.45, 7) is 5.23. The minimum Gasteiger partial charge on any atom is -0.492 e. The number of hydrogen-bond donors (Lipinski definition) is 1. The van der Waals surface area contributed by atoms with Gasteiger partial charge in [0.15, 0.2) is 0 Å². The van der Waals surface area contributed by atoms with Crippen LogP contribution in [0.3, 0.4) is 0 Å². The Kier molecular flexibility index (Phi) is 6.18. The number of rotatable bonds is 7. The van der Waals surface area contributed by atoms with Gasteiger partial charge in [-0.25, -0.2) is 0 Å². The molecule has 106 valence electrons. The van der Waals surface area contributed by atoms with Gasteiger partial charge in [0.05, 0.1) is 0 Å². The number of fused-ring (bicyclic) bond motifs is 1. The van der Waals surface area contributed by atoms with E-state index in [4.69, 9.17) is 4.74 Å². The van der Waals surface area contributed by atoms with Crippen LogP contribution >= 0.6 is 0 Å². The van der Waals surface area contributed by atoms with Gasteiger partial charge in [-0.1, -0.05) is 31.0 Å². The van der Waals surface area contributed by atoms with Gasteiger partial charge in [-0.3, -0.25) is 4.90 Å². The summed E-state index contributed by atoms with van der Waals surface area (Å²) in [5.41, 5.74) is 1.33.